The second-order valence-electron chi connectivity index (χ2n) is 10.2. The SMILES string of the molecule is CC(C)(C)CC(=O)N1CCN(C(=O)c2cccc(F)c2)C1C(=O)NC(CC(=O)O)c1cccc([N+](=O)[O-])c1. The van der Waals surface area contributed by atoms with Gasteiger partial charge in [-0.15, -0.1) is 0 Å². The first kappa shape index (κ1) is 28.2. The maximum absolute atomic E-state index is 13.8. The van der Waals surface area contributed by atoms with Gasteiger partial charge in [-0.2, -0.15) is 0 Å². The van der Waals surface area contributed by atoms with Crippen LogP contribution in [0.1, 0.15) is 55.6 Å². The average Bonchev–Trinajstić information content (AvgIpc) is 3.27. The predicted molar refractivity (Wildman–Crippen MR) is 133 cm³/mol. The van der Waals surface area contributed by atoms with Crippen LogP contribution in [-0.4, -0.2) is 62.8 Å². The number of nitro groups is 1. The number of rotatable bonds is 8. The number of nitro benzene ring substituents is 1. The Labute approximate surface area is 218 Å². The van der Waals surface area contributed by atoms with Gasteiger partial charge in [-0.05, 0) is 29.2 Å². The molecule has 0 bridgehead atoms. The van der Waals surface area contributed by atoms with Crippen LogP contribution >= 0.6 is 0 Å². The zero-order valence-electron chi connectivity index (χ0n) is 21.2. The fraction of sp³-hybridized carbons (Fsp3) is 0.385. The van der Waals surface area contributed by atoms with Crippen molar-refractivity contribution in [2.75, 3.05) is 13.1 Å². The lowest BCUT2D eigenvalue weighted by Crippen LogP contribution is -2.54. The topological polar surface area (TPSA) is 150 Å². The van der Waals surface area contributed by atoms with Gasteiger partial charge in [-0.1, -0.05) is 39.0 Å². The number of non-ortho nitro benzene ring substituents is 1. The van der Waals surface area contributed by atoms with E-state index in [1.54, 1.807) is 0 Å². The lowest BCUT2D eigenvalue weighted by Gasteiger charge is -2.32. The molecule has 11 nitrogen and oxygen atoms in total. The molecule has 2 aromatic carbocycles. The van der Waals surface area contributed by atoms with Gasteiger partial charge in [0.05, 0.1) is 17.4 Å². The summed E-state index contributed by atoms with van der Waals surface area (Å²) in [5.74, 6) is -3.84. The number of hydrogen-bond acceptors (Lipinski definition) is 6. The van der Waals surface area contributed by atoms with Crippen molar-refractivity contribution in [2.45, 2.75) is 45.8 Å². The predicted octanol–water partition coefficient (Wildman–Crippen LogP) is 3.11. The summed E-state index contributed by atoms with van der Waals surface area (Å²) in [6.07, 6.45) is -1.97. The van der Waals surface area contributed by atoms with Gasteiger partial charge in [0.1, 0.15) is 5.82 Å². The van der Waals surface area contributed by atoms with E-state index in [9.17, 15) is 38.8 Å². The number of aliphatic carboxylic acids is 1. The molecule has 0 saturated carbocycles. The number of nitrogens with zero attached hydrogens (tertiary/aromatic N) is 3. The third-order valence-corrected chi connectivity index (χ3v) is 5.92. The highest BCUT2D eigenvalue weighted by Gasteiger charge is 2.44. The summed E-state index contributed by atoms with van der Waals surface area (Å²) in [6, 6.07) is 8.92. The molecule has 0 radical (unpaired) electrons. The van der Waals surface area contributed by atoms with Crippen LogP contribution in [0.3, 0.4) is 0 Å². The Morgan fingerprint density at radius 3 is 2.37 bits per heavy atom. The van der Waals surface area contributed by atoms with E-state index in [1.165, 1.54) is 41.3 Å². The standard InChI is InChI=1S/C26H29FN4O7/c1-26(2,3)15-21(32)29-10-11-30(25(36)17-7-4-8-18(27)12-17)24(29)23(35)28-20(14-22(33)34)16-6-5-9-19(13-16)31(37)38/h4-9,12-13,20,24H,10-11,14-15H2,1-3H3,(H,28,35)(H,33,34). The van der Waals surface area contributed by atoms with Gasteiger partial charge in [-0.25, -0.2) is 4.39 Å². The first-order chi connectivity index (χ1) is 17.8. The third-order valence-electron chi connectivity index (χ3n) is 5.92. The number of carbonyl (C=O) groups excluding carboxylic acids is 3. The van der Waals surface area contributed by atoms with Gasteiger partial charge in [0.2, 0.25) is 5.91 Å². The number of amides is 3. The molecular formula is C26H29FN4O7. The summed E-state index contributed by atoms with van der Waals surface area (Å²) in [5, 5.41) is 23.2. The van der Waals surface area contributed by atoms with Crippen LogP contribution in [-0.2, 0) is 14.4 Å². The van der Waals surface area contributed by atoms with E-state index in [0.29, 0.717) is 0 Å². The first-order valence-electron chi connectivity index (χ1n) is 11.9. The molecule has 12 heteroatoms. The van der Waals surface area contributed by atoms with Crippen molar-refractivity contribution in [1.82, 2.24) is 15.1 Å². The highest BCUT2D eigenvalue weighted by atomic mass is 19.1. The quantitative estimate of drug-likeness (QED) is 0.395. The highest BCUT2D eigenvalue weighted by Crippen LogP contribution is 2.27. The van der Waals surface area contributed by atoms with Gasteiger partial charge in [-0.3, -0.25) is 29.3 Å². The van der Waals surface area contributed by atoms with Crippen LogP contribution in [0.4, 0.5) is 10.1 Å². The zero-order valence-corrected chi connectivity index (χ0v) is 21.2. The Hall–Kier alpha value is -4.35. The summed E-state index contributed by atoms with van der Waals surface area (Å²) >= 11 is 0. The summed E-state index contributed by atoms with van der Waals surface area (Å²) in [7, 11) is 0. The van der Waals surface area contributed by atoms with E-state index in [-0.39, 0.29) is 36.3 Å². The van der Waals surface area contributed by atoms with E-state index in [1.807, 2.05) is 20.8 Å². The molecule has 2 unspecified atom stereocenters. The highest BCUT2D eigenvalue weighted by molar-refractivity contribution is 5.99. The van der Waals surface area contributed by atoms with Crippen LogP contribution in [0.15, 0.2) is 48.5 Å². The van der Waals surface area contributed by atoms with Crippen molar-refractivity contribution in [3.63, 3.8) is 0 Å². The van der Waals surface area contributed by atoms with Crippen molar-refractivity contribution in [3.05, 3.63) is 75.6 Å². The second kappa shape index (κ2) is 11.4. The Kier molecular flexibility index (Phi) is 8.44. The fourth-order valence-corrected chi connectivity index (χ4v) is 4.26. The molecular weight excluding hydrogens is 499 g/mol. The Bertz CT molecular complexity index is 1260. The van der Waals surface area contributed by atoms with E-state index >= 15 is 0 Å². The minimum absolute atomic E-state index is 0.0102. The van der Waals surface area contributed by atoms with Gasteiger partial charge in [0.15, 0.2) is 6.17 Å². The Morgan fingerprint density at radius 2 is 1.76 bits per heavy atom. The van der Waals surface area contributed by atoms with Crippen LogP contribution in [0, 0.1) is 21.3 Å². The van der Waals surface area contributed by atoms with E-state index in [0.717, 1.165) is 17.0 Å². The van der Waals surface area contributed by atoms with Crippen LogP contribution in [0.2, 0.25) is 0 Å². The molecule has 38 heavy (non-hydrogen) atoms. The maximum Gasteiger partial charge on any atom is 0.305 e. The number of carboxylic acid groups (broad SMARTS) is 1. The van der Waals surface area contributed by atoms with E-state index in [2.05, 4.69) is 5.32 Å². The van der Waals surface area contributed by atoms with Crippen molar-refractivity contribution in [2.24, 2.45) is 5.41 Å². The van der Waals surface area contributed by atoms with Gasteiger partial charge in [0, 0.05) is 37.2 Å². The molecule has 1 saturated heterocycles. The maximum atomic E-state index is 13.8. The number of halogens is 1. The van der Waals surface area contributed by atoms with E-state index < -0.39 is 58.5 Å². The monoisotopic (exact) mass is 528 g/mol. The molecule has 1 aliphatic heterocycles. The molecule has 202 valence electrons. The average molecular weight is 529 g/mol. The number of carboxylic acids is 1. The Balaban J connectivity index is 1.97. The zero-order chi connectivity index (χ0) is 28.2. The van der Waals surface area contributed by atoms with Crippen molar-refractivity contribution in [3.8, 4) is 0 Å². The number of hydrogen-bond donors (Lipinski definition) is 2. The molecule has 1 aliphatic rings. The largest absolute Gasteiger partial charge is 0.481 e. The van der Waals surface area contributed by atoms with Gasteiger partial charge in [0.25, 0.3) is 17.5 Å². The molecule has 2 aromatic rings. The summed E-state index contributed by atoms with van der Waals surface area (Å²) in [5.41, 5.74) is -0.567. The second-order valence-corrected chi connectivity index (χ2v) is 10.2. The van der Waals surface area contributed by atoms with Gasteiger partial charge < -0.3 is 20.2 Å². The third kappa shape index (κ3) is 6.90. The summed E-state index contributed by atoms with van der Waals surface area (Å²) < 4.78 is 13.8. The number of carbonyl (C=O) groups is 4. The normalized spacial score (nSPS) is 16.2. The molecule has 2 N–H and O–H groups in total. The lowest BCUT2D eigenvalue weighted by molar-refractivity contribution is -0.384. The molecule has 3 rings (SSSR count). The molecule has 0 spiro atoms. The fourth-order valence-electron chi connectivity index (χ4n) is 4.26. The van der Waals surface area contributed by atoms with Crippen molar-refractivity contribution >= 4 is 29.4 Å². The number of benzene rings is 2. The van der Waals surface area contributed by atoms with Gasteiger partial charge >= 0.3 is 5.97 Å². The van der Waals surface area contributed by atoms with Crippen LogP contribution < -0.4 is 5.32 Å². The molecule has 3 amide bonds. The molecule has 2 atom stereocenters. The first-order valence-corrected chi connectivity index (χ1v) is 11.9. The van der Waals surface area contributed by atoms with Crippen LogP contribution in [0.5, 0.6) is 0 Å². The summed E-state index contributed by atoms with van der Waals surface area (Å²) in [4.78, 5) is 64.6. The lowest BCUT2D eigenvalue weighted by atomic mass is 9.91. The minimum atomic E-state index is -1.43. The number of nitrogens with one attached hydrogen (secondary N) is 1. The molecule has 0 aromatic heterocycles. The molecule has 1 fully saturated rings. The minimum Gasteiger partial charge on any atom is -0.481 e. The summed E-state index contributed by atoms with van der Waals surface area (Å²) in [6.45, 7) is 5.56. The van der Waals surface area contributed by atoms with Crippen LogP contribution in [0.25, 0.3) is 0 Å². The molecule has 0 aliphatic carbocycles. The van der Waals surface area contributed by atoms with E-state index in [4.69, 9.17) is 0 Å². The van der Waals surface area contributed by atoms with Crippen molar-refractivity contribution < 1.29 is 33.6 Å². The molecule has 1 heterocycles. The smallest absolute Gasteiger partial charge is 0.305 e. The van der Waals surface area contributed by atoms with Crippen molar-refractivity contribution in [1.29, 1.82) is 0 Å². The Morgan fingerprint density at radius 1 is 1.11 bits per heavy atom.